The van der Waals surface area contributed by atoms with Gasteiger partial charge in [-0.05, 0) is 37.6 Å². The van der Waals surface area contributed by atoms with E-state index in [1.807, 2.05) is 44.2 Å². The van der Waals surface area contributed by atoms with Crippen molar-refractivity contribution in [2.45, 2.75) is 26.0 Å². The number of carbonyl (C=O) groups excluding carboxylic acids is 1. The third-order valence-electron chi connectivity index (χ3n) is 4.64. The van der Waals surface area contributed by atoms with Crippen LogP contribution in [-0.4, -0.2) is 40.3 Å². The van der Waals surface area contributed by atoms with Crippen LogP contribution in [0.15, 0.2) is 42.5 Å². The van der Waals surface area contributed by atoms with E-state index in [0.29, 0.717) is 17.2 Å². The van der Waals surface area contributed by atoms with Crippen LogP contribution in [0.2, 0.25) is 0 Å². The van der Waals surface area contributed by atoms with Gasteiger partial charge < -0.3 is 14.8 Å². The predicted molar refractivity (Wildman–Crippen MR) is 107 cm³/mol. The number of sulfonamides is 1. The minimum absolute atomic E-state index is 0.0840. The summed E-state index contributed by atoms with van der Waals surface area (Å²) in [6.45, 7) is 3.63. The standard InChI is InChI=1S/C20H24N2O5S/c1-13-9-10-16-18(11-13)27-19(12-22(16)28(4,24)25)20(23)21-14(2)15-7-5-6-8-17(15)26-3/h5-11,14,19H,12H2,1-4H3,(H,21,23). The van der Waals surface area contributed by atoms with Crippen molar-refractivity contribution in [2.24, 2.45) is 0 Å². The largest absolute Gasteiger partial charge is 0.496 e. The number of para-hydroxylation sites is 1. The van der Waals surface area contributed by atoms with E-state index in [1.54, 1.807) is 19.2 Å². The van der Waals surface area contributed by atoms with E-state index in [2.05, 4.69) is 5.32 Å². The molecule has 0 radical (unpaired) electrons. The summed E-state index contributed by atoms with van der Waals surface area (Å²) in [6.07, 6.45) is 0.162. The van der Waals surface area contributed by atoms with Crippen LogP contribution in [0.3, 0.4) is 0 Å². The van der Waals surface area contributed by atoms with E-state index < -0.39 is 16.1 Å². The van der Waals surface area contributed by atoms with Crippen molar-refractivity contribution in [3.05, 3.63) is 53.6 Å². The van der Waals surface area contributed by atoms with E-state index >= 15 is 0 Å². The maximum atomic E-state index is 12.9. The molecule has 1 aliphatic heterocycles. The van der Waals surface area contributed by atoms with Gasteiger partial charge in [0, 0.05) is 5.56 Å². The fourth-order valence-electron chi connectivity index (χ4n) is 3.22. The van der Waals surface area contributed by atoms with Gasteiger partial charge in [-0.3, -0.25) is 9.10 Å². The van der Waals surface area contributed by atoms with Crippen molar-refractivity contribution < 1.29 is 22.7 Å². The van der Waals surface area contributed by atoms with Crippen molar-refractivity contribution in [1.82, 2.24) is 5.32 Å². The first-order chi connectivity index (χ1) is 13.2. The fourth-order valence-corrected chi connectivity index (χ4v) is 4.13. The van der Waals surface area contributed by atoms with Crippen molar-refractivity contribution in [2.75, 3.05) is 24.2 Å². The lowest BCUT2D eigenvalue weighted by Crippen LogP contribution is -2.50. The Morgan fingerprint density at radius 1 is 1.29 bits per heavy atom. The number of ether oxygens (including phenoxy) is 2. The monoisotopic (exact) mass is 404 g/mol. The number of nitrogens with one attached hydrogen (secondary N) is 1. The van der Waals surface area contributed by atoms with Crippen LogP contribution in [0, 0.1) is 6.92 Å². The first-order valence-corrected chi connectivity index (χ1v) is 10.7. The van der Waals surface area contributed by atoms with E-state index in [-0.39, 0.29) is 18.5 Å². The Bertz CT molecular complexity index is 990. The second-order valence-corrected chi connectivity index (χ2v) is 8.75. The Morgan fingerprint density at radius 3 is 2.68 bits per heavy atom. The third-order valence-corrected chi connectivity index (χ3v) is 5.79. The first-order valence-electron chi connectivity index (χ1n) is 8.89. The van der Waals surface area contributed by atoms with Crippen LogP contribution in [0.25, 0.3) is 0 Å². The summed E-state index contributed by atoms with van der Waals surface area (Å²) >= 11 is 0. The summed E-state index contributed by atoms with van der Waals surface area (Å²) in [6, 6.07) is 12.3. The highest BCUT2D eigenvalue weighted by Crippen LogP contribution is 2.36. The molecule has 1 heterocycles. The molecule has 28 heavy (non-hydrogen) atoms. The van der Waals surface area contributed by atoms with E-state index in [1.165, 1.54) is 4.31 Å². The molecule has 1 amide bonds. The van der Waals surface area contributed by atoms with Crippen molar-refractivity contribution in [3.8, 4) is 11.5 Å². The molecule has 0 fully saturated rings. The SMILES string of the molecule is COc1ccccc1C(C)NC(=O)C1CN(S(C)(=O)=O)c2ccc(C)cc2O1. The van der Waals surface area contributed by atoms with E-state index in [9.17, 15) is 13.2 Å². The molecule has 2 aromatic carbocycles. The second-order valence-electron chi connectivity index (χ2n) is 6.84. The first kappa shape index (κ1) is 20.0. The number of carbonyl (C=O) groups is 1. The van der Waals surface area contributed by atoms with Crippen LogP contribution < -0.4 is 19.1 Å². The van der Waals surface area contributed by atoms with Gasteiger partial charge in [-0.15, -0.1) is 0 Å². The van der Waals surface area contributed by atoms with Gasteiger partial charge in [0.2, 0.25) is 10.0 Å². The molecule has 0 bridgehead atoms. The molecule has 8 heteroatoms. The van der Waals surface area contributed by atoms with Crippen molar-refractivity contribution in [1.29, 1.82) is 0 Å². The second kappa shape index (κ2) is 7.71. The number of aryl methyl sites for hydroxylation is 1. The molecular weight excluding hydrogens is 380 g/mol. The highest BCUT2D eigenvalue weighted by Gasteiger charge is 2.35. The number of fused-ring (bicyclic) bond motifs is 1. The summed E-state index contributed by atoms with van der Waals surface area (Å²) in [4.78, 5) is 12.9. The predicted octanol–water partition coefficient (Wildman–Crippen LogP) is 2.41. The van der Waals surface area contributed by atoms with E-state index in [0.717, 1.165) is 17.4 Å². The number of hydrogen-bond donors (Lipinski definition) is 1. The molecule has 0 aliphatic carbocycles. The molecule has 0 spiro atoms. The molecule has 0 saturated heterocycles. The summed E-state index contributed by atoms with van der Waals surface area (Å²) in [5.41, 5.74) is 2.18. The Labute approximate surface area is 165 Å². The van der Waals surface area contributed by atoms with Crippen LogP contribution in [-0.2, 0) is 14.8 Å². The average Bonchev–Trinajstić information content (AvgIpc) is 2.65. The highest BCUT2D eigenvalue weighted by molar-refractivity contribution is 7.92. The normalized spacial score (nSPS) is 17.3. The number of nitrogens with zero attached hydrogens (tertiary/aromatic N) is 1. The quantitative estimate of drug-likeness (QED) is 0.827. The maximum Gasteiger partial charge on any atom is 0.263 e. The Kier molecular flexibility index (Phi) is 5.51. The van der Waals surface area contributed by atoms with Crippen LogP contribution in [0.4, 0.5) is 5.69 Å². The van der Waals surface area contributed by atoms with Gasteiger partial charge in [0.05, 0.1) is 31.6 Å². The molecule has 150 valence electrons. The third kappa shape index (κ3) is 4.06. The van der Waals surface area contributed by atoms with Crippen molar-refractivity contribution in [3.63, 3.8) is 0 Å². The zero-order valence-corrected chi connectivity index (χ0v) is 17.1. The zero-order chi connectivity index (χ0) is 20.5. The van der Waals surface area contributed by atoms with Gasteiger partial charge in [0.25, 0.3) is 5.91 Å². The topological polar surface area (TPSA) is 84.9 Å². The Balaban J connectivity index is 1.84. The molecule has 1 aliphatic rings. The van der Waals surface area contributed by atoms with Crippen LogP contribution >= 0.6 is 0 Å². The minimum atomic E-state index is -3.56. The van der Waals surface area contributed by atoms with Gasteiger partial charge in [0.1, 0.15) is 11.5 Å². The van der Waals surface area contributed by atoms with Gasteiger partial charge in [-0.2, -0.15) is 0 Å². The minimum Gasteiger partial charge on any atom is -0.496 e. The molecule has 2 aromatic rings. The van der Waals surface area contributed by atoms with Gasteiger partial charge in [-0.25, -0.2) is 8.42 Å². The number of hydrogen-bond acceptors (Lipinski definition) is 5. The Hall–Kier alpha value is -2.74. The van der Waals surface area contributed by atoms with Gasteiger partial charge in [-0.1, -0.05) is 24.3 Å². The smallest absolute Gasteiger partial charge is 0.263 e. The average molecular weight is 404 g/mol. The molecule has 0 aromatic heterocycles. The summed E-state index contributed by atoms with van der Waals surface area (Å²) in [5, 5.41) is 2.89. The molecule has 0 saturated carbocycles. The maximum absolute atomic E-state index is 12.9. The van der Waals surface area contributed by atoms with Crippen LogP contribution in [0.1, 0.15) is 24.1 Å². The molecule has 3 rings (SSSR count). The zero-order valence-electron chi connectivity index (χ0n) is 16.3. The van der Waals surface area contributed by atoms with Gasteiger partial charge in [0.15, 0.2) is 6.10 Å². The number of anilines is 1. The highest BCUT2D eigenvalue weighted by atomic mass is 32.2. The van der Waals surface area contributed by atoms with Crippen molar-refractivity contribution >= 4 is 21.6 Å². The molecule has 1 N–H and O–H groups in total. The molecule has 2 unspecified atom stereocenters. The number of amides is 1. The molecule has 7 nitrogen and oxygen atoms in total. The number of rotatable bonds is 5. The van der Waals surface area contributed by atoms with E-state index in [4.69, 9.17) is 9.47 Å². The molecule has 2 atom stereocenters. The summed E-state index contributed by atoms with van der Waals surface area (Å²) < 4.78 is 36.9. The molecular formula is C20H24N2O5S. The lowest BCUT2D eigenvalue weighted by Gasteiger charge is -2.34. The fraction of sp³-hybridized carbons (Fsp3) is 0.350. The van der Waals surface area contributed by atoms with Crippen LogP contribution in [0.5, 0.6) is 11.5 Å². The summed E-state index contributed by atoms with van der Waals surface area (Å²) in [7, 11) is -1.99. The summed E-state index contributed by atoms with van der Waals surface area (Å²) in [5.74, 6) is 0.652. The lowest BCUT2D eigenvalue weighted by molar-refractivity contribution is -0.128. The Morgan fingerprint density at radius 2 is 2.00 bits per heavy atom. The number of methoxy groups -OCH3 is 1. The number of benzene rings is 2. The lowest BCUT2D eigenvalue weighted by atomic mass is 10.1. The van der Waals surface area contributed by atoms with Gasteiger partial charge >= 0.3 is 0 Å².